The van der Waals surface area contributed by atoms with Crippen molar-refractivity contribution in [3.05, 3.63) is 82.5 Å². The third-order valence-electron chi connectivity index (χ3n) is 3.88. The normalized spacial score (nSPS) is 10.1. The van der Waals surface area contributed by atoms with Crippen molar-refractivity contribution >= 4 is 23.2 Å². The van der Waals surface area contributed by atoms with Gasteiger partial charge in [0.25, 0.3) is 5.91 Å². The molecule has 0 radical (unpaired) electrons. The summed E-state index contributed by atoms with van der Waals surface area (Å²) < 4.78 is 11.1. The maximum Gasteiger partial charge on any atom is 0.275 e. The molecule has 3 rings (SSSR count). The van der Waals surface area contributed by atoms with Crippen LogP contribution >= 0.6 is 11.6 Å². The average molecular weight is 408 g/mol. The van der Waals surface area contributed by atoms with Gasteiger partial charge in [-0.3, -0.25) is 4.79 Å². The Morgan fingerprint density at radius 2 is 1.97 bits per heavy atom. The third-order valence-corrected chi connectivity index (χ3v) is 4.19. The molecule has 0 atom stereocenters. The number of hydrogen-bond acceptors (Lipinski definition) is 5. The number of aromatic nitrogens is 1. The van der Waals surface area contributed by atoms with Gasteiger partial charge in [-0.2, -0.15) is 5.26 Å². The summed E-state index contributed by atoms with van der Waals surface area (Å²) in [5.74, 6) is 0.460. The maximum absolute atomic E-state index is 12.6. The van der Waals surface area contributed by atoms with Gasteiger partial charge >= 0.3 is 0 Å². The Hall–Kier alpha value is -3.56. The molecule has 0 aliphatic rings. The molecule has 7 heteroatoms. The zero-order valence-electron chi connectivity index (χ0n) is 15.7. The number of carbonyl (C=O) groups is 1. The number of nitriles is 1. The van der Waals surface area contributed by atoms with Gasteiger partial charge < -0.3 is 14.8 Å². The first kappa shape index (κ1) is 20.2. The first-order valence-corrected chi connectivity index (χ1v) is 9.29. The van der Waals surface area contributed by atoms with Crippen LogP contribution in [-0.2, 0) is 6.61 Å². The van der Waals surface area contributed by atoms with E-state index in [1.54, 1.807) is 54.6 Å². The number of carbonyl (C=O) groups excluding carboxylic acids is 1. The lowest BCUT2D eigenvalue weighted by atomic mass is 10.1. The van der Waals surface area contributed by atoms with Crippen LogP contribution in [0.3, 0.4) is 0 Å². The fourth-order valence-electron chi connectivity index (χ4n) is 2.56. The Balaban J connectivity index is 1.69. The van der Waals surface area contributed by atoms with Gasteiger partial charge in [0.05, 0.1) is 23.3 Å². The Bertz CT molecular complexity index is 1060. The van der Waals surface area contributed by atoms with Gasteiger partial charge in [0.1, 0.15) is 12.4 Å². The minimum absolute atomic E-state index is 0.0808. The van der Waals surface area contributed by atoms with Crippen LogP contribution in [-0.4, -0.2) is 17.5 Å². The van der Waals surface area contributed by atoms with E-state index in [4.69, 9.17) is 26.3 Å². The van der Waals surface area contributed by atoms with Gasteiger partial charge in [0, 0.05) is 17.8 Å². The number of rotatable bonds is 7. The van der Waals surface area contributed by atoms with Crippen molar-refractivity contribution in [3.63, 3.8) is 0 Å². The van der Waals surface area contributed by atoms with Gasteiger partial charge in [0.15, 0.2) is 5.69 Å². The second-order valence-corrected chi connectivity index (χ2v) is 6.40. The molecule has 2 aromatic carbocycles. The Labute approximate surface area is 173 Å². The monoisotopic (exact) mass is 407 g/mol. The summed E-state index contributed by atoms with van der Waals surface area (Å²) in [4.78, 5) is 16.7. The third kappa shape index (κ3) is 5.47. The maximum atomic E-state index is 12.6. The van der Waals surface area contributed by atoms with Crippen LogP contribution in [0, 0.1) is 11.3 Å². The first-order chi connectivity index (χ1) is 14.1. The van der Waals surface area contributed by atoms with E-state index in [1.807, 2.05) is 13.0 Å². The second kappa shape index (κ2) is 9.58. The molecule has 1 amide bonds. The molecule has 1 aromatic heterocycles. The number of amides is 1. The minimum Gasteiger partial charge on any atom is -0.489 e. The van der Waals surface area contributed by atoms with Crippen LogP contribution in [0.25, 0.3) is 0 Å². The minimum atomic E-state index is -0.449. The summed E-state index contributed by atoms with van der Waals surface area (Å²) in [6.07, 6.45) is 0. The number of nitrogens with zero attached hydrogens (tertiary/aromatic N) is 2. The zero-order chi connectivity index (χ0) is 20.6. The molecular formula is C22H18ClN3O3. The fraction of sp³-hybridized carbons (Fsp3) is 0.136. The van der Waals surface area contributed by atoms with E-state index < -0.39 is 5.91 Å². The van der Waals surface area contributed by atoms with Gasteiger partial charge in [0.2, 0.25) is 5.88 Å². The lowest BCUT2D eigenvalue weighted by Gasteiger charge is -2.10. The summed E-state index contributed by atoms with van der Waals surface area (Å²) in [5.41, 5.74) is 2.07. The predicted molar refractivity (Wildman–Crippen MR) is 110 cm³/mol. The van der Waals surface area contributed by atoms with E-state index >= 15 is 0 Å². The van der Waals surface area contributed by atoms with E-state index in [2.05, 4.69) is 16.4 Å². The number of halogens is 1. The van der Waals surface area contributed by atoms with E-state index in [0.29, 0.717) is 36.1 Å². The molecule has 1 heterocycles. The molecule has 0 fully saturated rings. The Morgan fingerprint density at radius 1 is 1.14 bits per heavy atom. The van der Waals surface area contributed by atoms with E-state index in [9.17, 15) is 4.79 Å². The predicted octanol–water partition coefficient (Wildman–Crippen LogP) is 4.84. The summed E-state index contributed by atoms with van der Waals surface area (Å²) >= 11 is 6.10. The van der Waals surface area contributed by atoms with Crippen molar-refractivity contribution in [2.75, 3.05) is 11.9 Å². The number of benzene rings is 2. The molecule has 6 nitrogen and oxygen atoms in total. The molecule has 0 unspecified atom stereocenters. The number of ether oxygens (including phenoxy) is 2. The van der Waals surface area contributed by atoms with Crippen LogP contribution in [0.4, 0.5) is 5.69 Å². The molecular weight excluding hydrogens is 390 g/mol. The first-order valence-electron chi connectivity index (χ1n) is 8.91. The molecule has 0 saturated carbocycles. The summed E-state index contributed by atoms with van der Waals surface area (Å²) in [6.45, 7) is 2.57. The van der Waals surface area contributed by atoms with Crippen LogP contribution in [0.1, 0.15) is 28.5 Å². The van der Waals surface area contributed by atoms with Crippen molar-refractivity contribution in [1.29, 1.82) is 5.26 Å². The molecule has 146 valence electrons. The second-order valence-electron chi connectivity index (χ2n) is 6.00. The lowest BCUT2D eigenvalue weighted by Crippen LogP contribution is -2.15. The smallest absolute Gasteiger partial charge is 0.275 e. The highest BCUT2D eigenvalue weighted by molar-refractivity contribution is 6.34. The highest BCUT2D eigenvalue weighted by Gasteiger charge is 2.14. The average Bonchev–Trinajstić information content (AvgIpc) is 2.74. The number of pyridine rings is 1. The van der Waals surface area contributed by atoms with Crippen LogP contribution < -0.4 is 14.8 Å². The molecule has 0 spiro atoms. The number of anilines is 1. The molecule has 1 N–H and O–H groups in total. The molecule has 0 aliphatic heterocycles. The Kier molecular flexibility index (Phi) is 6.67. The van der Waals surface area contributed by atoms with Crippen molar-refractivity contribution in [3.8, 4) is 17.7 Å². The standard InChI is InChI=1S/C22H18ClN3O3/c1-2-28-20-10-9-19(23)21(26-20)22(27)25-17-7-4-8-18(12-17)29-14-16-6-3-5-15(11-16)13-24/h3-12H,2,14H2,1H3,(H,25,27). The van der Waals surface area contributed by atoms with Gasteiger partial charge in [-0.1, -0.05) is 29.8 Å². The Morgan fingerprint density at radius 3 is 2.76 bits per heavy atom. The van der Waals surface area contributed by atoms with Crippen molar-refractivity contribution < 1.29 is 14.3 Å². The lowest BCUT2D eigenvalue weighted by molar-refractivity contribution is 0.102. The summed E-state index contributed by atoms with van der Waals surface area (Å²) in [7, 11) is 0. The highest BCUT2D eigenvalue weighted by atomic mass is 35.5. The molecule has 0 saturated heterocycles. The van der Waals surface area contributed by atoms with Crippen molar-refractivity contribution in [2.24, 2.45) is 0 Å². The van der Waals surface area contributed by atoms with E-state index in [0.717, 1.165) is 5.56 Å². The molecule has 0 aliphatic carbocycles. The van der Waals surface area contributed by atoms with Gasteiger partial charge in [-0.15, -0.1) is 0 Å². The summed E-state index contributed by atoms with van der Waals surface area (Å²) in [6, 6.07) is 19.5. The van der Waals surface area contributed by atoms with E-state index in [-0.39, 0.29) is 10.7 Å². The quantitative estimate of drug-likeness (QED) is 0.606. The van der Waals surface area contributed by atoms with Crippen LogP contribution in [0.5, 0.6) is 11.6 Å². The van der Waals surface area contributed by atoms with Crippen LogP contribution in [0.2, 0.25) is 5.02 Å². The highest BCUT2D eigenvalue weighted by Crippen LogP contribution is 2.22. The fourth-order valence-corrected chi connectivity index (χ4v) is 2.75. The SMILES string of the molecule is CCOc1ccc(Cl)c(C(=O)Nc2cccc(OCc3cccc(C#N)c3)c2)n1. The van der Waals surface area contributed by atoms with Crippen molar-refractivity contribution in [1.82, 2.24) is 4.98 Å². The largest absolute Gasteiger partial charge is 0.489 e. The molecule has 29 heavy (non-hydrogen) atoms. The number of nitrogens with one attached hydrogen (secondary N) is 1. The summed E-state index contributed by atoms with van der Waals surface area (Å²) in [5, 5.41) is 12.0. The topological polar surface area (TPSA) is 84.2 Å². The zero-order valence-corrected chi connectivity index (χ0v) is 16.4. The van der Waals surface area contributed by atoms with Gasteiger partial charge in [-0.05, 0) is 42.8 Å². The van der Waals surface area contributed by atoms with Gasteiger partial charge in [-0.25, -0.2) is 4.98 Å². The van der Waals surface area contributed by atoms with Crippen LogP contribution in [0.15, 0.2) is 60.7 Å². The van der Waals surface area contributed by atoms with Crippen molar-refractivity contribution in [2.45, 2.75) is 13.5 Å². The molecule has 3 aromatic rings. The van der Waals surface area contributed by atoms with E-state index in [1.165, 1.54) is 0 Å². The molecule has 0 bridgehead atoms. The number of hydrogen-bond donors (Lipinski definition) is 1.